The van der Waals surface area contributed by atoms with E-state index in [2.05, 4.69) is 5.32 Å². The number of ether oxygens (including phenoxy) is 1. The zero-order chi connectivity index (χ0) is 34.1. The number of sulfonamides is 1. The molecule has 0 unspecified atom stereocenters. The van der Waals surface area contributed by atoms with Crippen molar-refractivity contribution in [1.29, 1.82) is 0 Å². The molecule has 4 aromatic carbocycles. The molecule has 8 nitrogen and oxygen atoms in total. The highest BCUT2D eigenvalue weighted by atomic mass is 35.5. The van der Waals surface area contributed by atoms with E-state index >= 15 is 0 Å². The second kappa shape index (κ2) is 16.0. The Morgan fingerprint density at radius 3 is 2.15 bits per heavy atom. The van der Waals surface area contributed by atoms with Gasteiger partial charge in [-0.15, -0.1) is 0 Å². The van der Waals surface area contributed by atoms with Gasteiger partial charge in [-0.3, -0.25) is 13.9 Å². The minimum Gasteiger partial charge on any atom is -0.495 e. The summed E-state index contributed by atoms with van der Waals surface area (Å²) in [5.41, 5.74) is 3.75. The third-order valence-electron chi connectivity index (χ3n) is 7.70. The molecule has 0 radical (unpaired) electrons. The smallest absolute Gasteiger partial charge is 0.264 e. The zero-order valence-corrected chi connectivity index (χ0v) is 29.0. The van der Waals surface area contributed by atoms with E-state index in [0.717, 1.165) is 26.6 Å². The van der Waals surface area contributed by atoms with Crippen molar-refractivity contribution in [1.82, 2.24) is 10.2 Å². The molecule has 4 rings (SSSR count). The number of carbonyl (C=O) groups excluding carboxylic acids is 2. The van der Waals surface area contributed by atoms with E-state index < -0.39 is 28.5 Å². The molecule has 0 saturated carbocycles. The fourth-order valence-corrected chi connectivity index (χ4v) is 6.82. The highest BCUT2D eigenvalue weighted by molar-refractivity contribution is 7.92. The first-order chi connectivity index (χ1) is 22.4. The number of aryl methyl sites for hydroxylation is 2. The molecule has 47 heavy (non-hydrogen) atoms. The molecule has 1 atom stereocenters. The number of carbonyl (C=O) groups is 2. The first-order valence-electron chi connectivity index (χ1n) is 15.5. The minimum atomic E-state index is -4.26. The van der Waals surface area contributed by atoms with Crippen LogP contribution in [0.3, 0.4) is 0 Å². The second-order valence-electron chi connectivity index (χ2n) is 12.0. The lowest BCUT2D eigenvalue weighted by molar-refractivity contribution is -0.140. The molecule has 0 bridgehead atoms. The number of benzene rings is 4. The van der Waals surface area contributed by atoms with Gasteiger partial charge in [0.15, 0.2) is 0 Å². The minimum absolute atomic E-state index is 0.0172. The third-order valence-corrected chi connectivity index (χ3v) is 9.79. The van der Waals surface area contributed by atoms with Crippen molar-refractivity contribution in [2.24, 2.45) is 5.92 Å². The lowest BCUT2D eigenvalue weighted by Crippen LogP contribution is -2.53. The molecule has 4 aromatic rings. The van der Waals surface area contributed by atoms with E-state index in [0.29, 0.717) is 12.3 Å². The Bertz CT molecular complexity index is 1780. The summed E-state index contributed by atoms with van der Waals surface area (Å²) in [5.74, 6) is -0.314. The highest BCUT2D eigenvalue weighted by Crippen LogP contribution is 2.32. The van der Waals surface area contributed by atoms with Crippen LogP contribution in [0.15, 0.2) is 102 Å². The molecule has 0 fully saturated rings. The first kappa shape index (κ1) is 35.5. The number of anilines is 1. The number of amides is 2. The van der Waals surface area contributed by atoms with Gasteiger partial charge in [0.25, 0.3) is 10.0 Å². The van der Waals surface area contributed by atoms with Crippen molar-refractivity contribution in [2.45, 2.75) is 51.6 Å². The molecular formula is C37H42ClN3O5S. The van der Waals surface area contributed by atoms with Crippen LogP contribution in [-0.2, 0) is 32.6 Å². The third kappa shape index (κ3) is 9.36. The number of nitrogens with zero attached hydrogens (tertiary/aromatic N) is 2. The number of rotatable bonds is 14. The quantitative estimate of drug-likeness (QED) is 0.163. The second-order valence-corrected chi connectivity index (χ2v) is 14.3. The SMILES string of the molecule is COc1ccc(N(CC(=O)N(Cc2cccc(C)c2)[C@@H](Cc2ccccc2)C(=O)NCC(C)C)S(=O)(=O)c2ccc(C)cc2)cc1Cl. The molecule has 248 valence electrons. The summed E-state index contributed by atoms with van der Waals surface area (Å²) in [4.78, 5) is 30.0. The molecule has 0 aliphatic rings. The Hall–Kier alpha value is -4.34. The van der Waals surface area contributed by atoms with Gasteiger partial charge >= 0.3 is 0 Å². The average molecular weight is 676 g/mol. The van der Waals surface area contributed by atoms with Gasteiger partial charge in [0.1, 0.15) is 18.3 Å². The summed E-state index contributed by atoms with van der Waals surface area (Å²) in [7, 11) is -2.79. The number of hydrogen-bond donors (Lipinski definition) is 1. The summed E-state index contributed by atoms with van der Waals surface area (Å²) in [6.07, 6.45) is 0.238. The van der Waals surface area contributed by atoms with Gasteiger partial charge in [0, 0.05) is 19.5 Å². The number of methoxy groups -OCH3 is 1. The molecule has 10 heteroatoms. The fourth-order valence-electron chi connectivity index (χ4n) is 5.16. The van der Waals surface area contributed by atoms with E-state index in [-0.39, 0.29) is 40.4 Å². The zero-order valence-electron chi connectivity index (χ0n) is 27.4. The van der Waals surface area contributed by atoms with Gasteiger partial charge in [-0.2, -0.15) is 0 Å². The number of nitrogens with one attached hydrogen (secondary N) is 1. The van der Waals surface area contributed by atoms with Gasteiger partial charge in [-0.25, -0.2) is 8.42 Å². The van der Waals surface area contributed by atoms with Crippen LogP contribution in [0.25, 0.3) is 0 Å². The average Bonchev–Trinajstić information content (AvgIpc) is 3.04. The van der Waals surface area contributed by atoms with Gasteiger partial charge in [-0.1, -0.05) is 103 Å². The van der Waals surface area contributed by atoms with Crippen LogP contribution >= 0.6 is 11.6 Å². The topological polar surface area (TPSA) is 96.0 Å². The van der Waals surface area contributed by atoms with Crippen LogP contribution < -0.4 is 14.4 Å². The van der Waals surface area contributed by atoms with Gasteiger partial charge in [0.2, 0.25) is 11.8 Å². The van der Waals surface area contributed by atoms with Crippen molar-refractivity contribution in [3.63, 3.8) is 0 Å². The summed E-state index contributed by atoms with van der Waals surface area (Å²) in [6, 6.07) is 27.2. The molecule has 1 N–H and O–H groups in total. The van der Waals surface area contributed by atoms with E-state index in [1.54, 1.807) is 24.3 Å². The highest BCUT2D eigenvalue weighted by Gasteiger charge is 2.35. The van der Waals surface area contributed by atoms with Crippen molar-refractivity contribution >= 4 is 39.1 Å². The van der Waals surface area contributed by atoms with Gasteiger partial charge in [-0.05, 0) is 61.2 Å². The molecular weight excluding hydrogens is 634 g/mol. The lowest BCUT2D eigenvalue weighted by atomic mass is 10.0. The maximum absolute atomic E-state index is 14.6. The van der Waals surface area contributed by atoms with E-state index in [1.165, 1.54) is 30.2 Å². The Morgan fingerprint density at radius 2 is 1.53 bits per heavy atom. The van der Waals surface area contributed by atoms with Crippen LogP contribution in [0.5, 0.6) is 5.75 Å². The maximum Gasteiger partial charge on any atom is 0.264 e. The van der Waals surface area contributed by atoms with Crippen molar-refractivity contribution in [3.8, 4) is 5.75 Å². The maximum atomic E-state index is 14.6. The molecule has 2 amide bonds. The van der Waals surface area contributed by atoms with Crippen LogP contribution in [0.1, 0.15) is 36.1 Å². The van der Waals surface area contributed by atoms with Crippen LogP contribution in [0, 0.1) is 19.8 Å². The van der Waals surface area contributed by atoms with Gasteiger partial charge < -0.3 is 15.0 Å². The van der Waals surface area contributed by atoms with Crippen LogP contribution in [0.2, 0.25) is 5.02 Å². The van der Waals surface area contributed by atoms with E-state index in [9.17, 15) is 18.0 Å². The Balaban J connectivity index is 1.82. The molecule has 0 aromatic heterocycles. The largest absolute Gasteiger partial charge is 0.495 e. The van der Waals surface area contributed by atoms with E-state index in [1.807, 2.05) is 82.3 Å². The normalized spacial score (nSPS) is 12.0. The molecule has 0 aliphatic heterocycles. The summed E-state index contributed by atoms with van der Waals surface area (Å²) < 4.78 is 34.8. The molecule has 0 aliphatic carbocycles. The van der Waals surface area contributed by atoms with Crippen LogP contribution in [0.4, 0.5) is 5.69 Å². The Kier molecular flexibility index (Phi) is 12.1. The predicted molar refractivity (Wildman–Crippen MR) is 187 cm³/mol. The van der Waals surface area contributed by atoms with E-state index in [4.69, 9.17) is 16.3 Å². The van der Waals surface area contributed by atoms with Crippen LogP contribution in [-0.4, -0.2) is 51.4 Å². The summed E-state index contributed by atoms with van der Waals surface area (Å²) >= 11 is 6.46. The fraction of sp³-hybridized carbons (Fsp3) is 0.297. The van der Waals surface area contributed by atoms with Crippen molar-refractivity contribution in [3.05, 3.63) is 124 Å². The Morgan fingerprint density at radius 1 is 0.851 bits per heavy atom. The monoisotopic (exact) mass is 675 g/mol. The molecule has 0 saturated heterocycles. The molecule has 0 heterocycles. The first-order valence-corrected chi connectivity index (χ1v) is 17.3. The Labute approximate surface area is 283 Å². The van der Waals surface area contributed by atoms with Gasteiger partial charge in [0.05, 0.1) is 22.7 Å². The molecule has 0 spiro atoms. The van der Waals surface area contributed by atoms with Crippen molar-refractivity contribution in [2.75, 3.05) is 24.5 Å². The lowest BCUT2D eigenvalue weighted by Gasteiger charge is -2.34. The standard InChI is InChI=1S/C37H42ClN3O5S/c1-26(2)23-39-37(43)34(21-29-11-7-6-8-12-29)40(24-30-13-9-10-28(4)20-30)36(42)25-41(31-16-19-35(46-5)33(38)22-31)47(44,45)32-17-14-27(3)15-18-32/h6-20,22,26,34H,21,23-25H2,1-5H3,(H,39,43)/t34-/m0/s1. The number of halogens is 1. The predicted octanol–water partition coefficient (Wildman–Crippen LogP) is 6.57. The summed E-state index contributed by atoms with van der Waals surface area (Å²) in [5, 5.41) is 3.19. The van der Waals surface area contributed by atoms with Crippen molar-refractivity contribution < 1.29 is 22.7 Å². The summed E-state index contributed by atoms with van der Waals surface area (Å²) in [6.45, 7) is 7.75. The number of hydrogen-bond acceptors (Lipinski definition) is 5.